The van der Waals surface area contributed by atoms with Gasteiger partial charge < -0.3 is 24.4 Å². The van der Waals surface area contributed by atoms with Crippen molar-refractivity contribution in [3.8, 4) is 11.5 Å². The number of hydrogen-bond acceptors (Lipinski definition) is 11. The third-order valence-corrected chi connectivity index (χ3v) is 12.0. The Morgan fingerprint density at radius 2 is 1.55 bits per heavy atom. The fourth-order valence-corrected chi connectivity index (χ4v) is 8.01. The van der Waals surface area contributed by atoms with Gasteiger partial charge in [-0.05, 0) is 78.9 Å². The second kappa shape index (κ2) is 13.7. The number of piperidine rings is 1. The molecule has 3 aromatic carbocycles. The Balaban J connectivity index is 0.760. The smallest absolute Gasteiger partial charge is 0.262 e. The van der Waals surface area contributed by atoms with Crippen molar-refractivity contribution in [1.82, 2.24) is 20.2 Å². The zero-order valence-electron chi connectivity index (χ0n) is 31.5. The topological polar surface area (TPSA) is 152 Å². The van der Waals surface area contributed by atoms with Gasteiger partial charge in [0.1, 0.15) is 24.1 Å². The molecule has 9 rings (SSSR count). The van der Waals surface area contributed by atoms with E-state index in [0.29, 0.717) is 30.9 Å². The van der Waals surface area contributed by atoms with Crippen molar-refractivity contribution < 1.29 is 33.4 Å². The van der Waals surface area contributed by atoms with E-state index >= 15 is 0 Å². The summed E-state index contributed by atoms with van der Waals surface area (Å²) in [6.45, 7) is 9.50. The number of benzene rings is 3. The van der Waals surface area contributed by atoms with Crippen LogP contribution in [0.3, 0.4) is 0 Å². The van der Waals surface area contributed by atoms with Crippen molar-refractivity contribution in [2.24, 2.45) is 10.8 Å². The van der Waals surface area contributed by atoms with Crippen molar-refractivity contribution in [3.05, 3.63) is 107 Å². The number of amides is 4. The van der Waals surface area contributed by atoms with Gasteiger partial charge in [0.25, 0.3) is 11.8 Å². The summed E-state index contributed by atoms with van der Waals surface area (Å²) >= 11 is 0. The molecule has 1 aliphatic carbocycles. The zero-order chi connectivity index (χ0) is 38.7. The van der Waals surface area contributed by atoms with E-state index in [9.17, 15) is 19.2 Å². The molecule has 4 amide bonds. The molecule has 5 heterocycles. The number of imide groups is 2. The van der Waals surface area contributed by atoms with Crippen LogP contribution in [0.1, 0.15) is 77.1 Å². The van der Waals surface area contributed by atoms with Gasteiger partial charge in [0.15, 0.2) is 0 Å². The fourth-order valence-electron chi connectivity index (χ4n) is 8.01. The van der Waals surface area contributed by atoms with Gasteiger partial charge in [-0.15, -0.1) is 0 Å². The van der Waals surface area contributed by atoms with E-state index in [1.54, 1.807) is 24.4 Å². The third kappa shape index (κ3) is 6.74. The number of carbonyl (C=O) groups excluding carboxylic acids is 4. The summed E-state index contributed by atoms with van der Waals surface area (Å²) in [5.41, 5.74) is 4.41. The van der Waals surface area contributed by atoms with Crippen LogP contribution < -0.4 is 25.0 Å². The number of nitrogens with zero attached hydrogens (tertiary/aromatic N) is 4. The lowest BCUT2D eigenvalue weighted by Gasteiger charge is -2.54. The summed E-state index contributed by atoms with van der Waals surface area (Å²) in [7, 11) is 0. The number of hydrogen-bond donors (Lipinski definition) is 2. The number of nitrogens with one attached hydrogen (secondary N) is 2. The number of ether oxygens (including phenoxy) is 3. The Labute approximate surface area is 324 Å². The average molecular weight is 757 g/mol. The van der Waals surface area contributed by atoms with Crippen molar-refractivity contribution in [3.63, 3.8) is 0 Å². The normalized spacial score (nSPS) is 20.6. The monoisotopic (exact) mass is 756 g/mol. The number of rotatable bonds is 13. The minimum absolute atomic E-state index is 0.0432. The predicted octanol–water partition coefficient (Wildman–Crippen LogP) is 4.89. The highest BCUT2D eigenvalue weighted by Gasteiger charge is 2.50. The Bertz CT molecular complexity index is 2210. The van der Waals surface area contributed by atoms with Gasteiger partial charge >= 0.3 is 0 Å². The maximum Gasteiger partial charge on any atom is 0.262 e. The molecule has 1 saturated carbocycles. The molecule has 0 radical (unpaired) electrons. The molecule has 1 unspecified atom stereocenters. The zero-order valence-corrected chi connectivity index (χ0v) is 31.5. The molecule has 4 aromatic rings. The van der Waals surface area contributed by atoms with Gasteiger partial charge in [-0.1, -0.05) is 38.1 Å². The third-order valence-electron chi connectivity index (χ3n) is 12.0. The Morgan fingerprint density at radius 3 is 2.20 bits per heavy atom. The molecule has 56 heavy (non-hydrogen) atoms. The molecule has 288 valence electrons. The SMILES string of the molecule is CC(C)(c1ccc(OCc2ccnc(N3CC4(COC4)C3)n2)cc1)c1ccc(OCC2(CNc3ccc4c(c3)C(=O)N(C3CCC(=O)NC3=O)C4=O)CC2)cc1. The summed E-state index contributed by atoms with van der Waals surface area (Å²) in [6, 6.07) is 22.5. The highest BCUT2D eigenvalue weighted by molar-refractivity contribution is 6.23. The summed E-state index contributed by atoms with van der Waals surface area (Å²) in [4.78, 5) is 62.6. The molecular formula is C43H44N6O7. The van der Waals surface area contributed by atoms with Gasteiger partial charge in [0.2, 0.25) is 17.8 Å². The first-order valence-electron chi connectivity index (χ1n) is 19.2. The molecule has 5 aliphatic rings. The highest BCUT2D eigenvalue weighted by atomic mass is 16.5. The second-order valence-corrected chi connectivity index (χ2v) is 16.5. The Hall–Kier alpha value is -5.82. The number of carbonyl (C=O) groups is 4. The van der Waals surface area contributed by atoms with Gasteiger partial charge in [-0.25, -0.2) is 9.97 Å². The quantitative estimate of drug-likeness (QED) is 0.180. The largest absolute Gasteiger partial charge is 0.493 e. The van der Waals surface area contributed by atoms with Gasteiger partial charge in [0, 0.05) is 48.8 Å². The van der Waals surface area contributed by atoms with E-state index in [1.807, 2.05) is 30.3 Å². The van der Waals surface area contributed by atoms with Crippen molar-refractivity contribution in [2.45, 2.75) is 57.6 Å². The van der Waals surface area contributed by atoms with Crippen molar-refractivity contribution in [2.75, 3.05) is 49.7 Å². The van der Waals surface area contributed by atoms with Gasteiger partial charge in [-0.2, -0.15) is 0 Å². The molecule has 0 bridgehead atoms. The Morgan fingerprint density at radius 1 is 0.875 bits per heavy atom. The molecule has 4 aliphatic heterocycles. The van der Waals surface area contributed by atoms with Crippen LogP contribution in [0.25, 0.3) is 0 Å². The standard InChI is InChI=1S/C43H44N6O7/c1-41(2,27-3-8-31(9-4-27)55-20-30-15-18-44-40(46-30)48-22-43(23-48)24-54-25-43)28-5-10-32(11-6-28)56-26-42(16-17-42)21-45-29-7-12-33-34(19-29)39(53)49(38(33)52)35-13-14-36(50)47-37(35)51/h3-12,15,18-19,35,45H,13-14,16-17,20-26H2,1-2H3,(H,47,50,51). The van der Waals surface area contributed by atoms with Crippen LogP contribution in [0.15, 0.2) is 79.0 Å². The van der Waals surface area contributed by atoms with E-state index < -0.39 is 29.7 Å². The van der Waals surface area contributed by atoms with Crippen LogP contribution in [-0.4, -0.2) is 84.0 Å². The predicted molar refractivity (Wildman–Crippen MR) is 206 cm³/mol. The lowest BCUT2D eigenvalue weighted by atomic mass is 9.78. The van der Waals surface area contributed by atoms with E-state index in [-0.39, 0.29) is 34.8 Å². The summed E-state index contributed by atoms with van der Waals surface area (Å²) < 4.78 is 17.8. The molecule has 13 heteroatoms. The van der Waals surface area contributed by atoms with Gasteiger partial charge in [0.05, 0.1) is 42.1 Å². The van der Waals surface area contributed by atoms with E-state index in [4.69, 9.17) is 19.2 Å². The maximum absolute atomic E-state index is 13.2. The molecule has 13 nitrogen and oxygen atoms in total. The van der Waals surface area contributed by atoms with Crippen molar-refractivity contribution in [1.29, 1.82) is 0 Å². The average Bonchev–Trinajstić information content (AvgIpc) is 3.90. The molecule has 1 atom stereocenters. The first kappa shape index (κ1) is 35.9. The van der Waals surface area contributed by atoms with Crippen molar-refractivity contribution >= 4 is 35.3 Å². The van der Waals surface area contributed by atoms with E-state index in [1.165, 1.54) is 5.56 Å². The van der Waals surface area contributed by atoms with Gasteiger partial charge in [-0.3, -0.25) is 29.4 Å². The highest BCUT2D eigenvalue weighted by Crippen LogP contribution is 2.46. The van der Waals surface area contributed by atoms with Crippen LogP contribution in [-0.2, 0) is 26.3 Å². The van der Waals surface area contributed by atoms with Crippen LogP contribution >= 0.6 is 0 Å². The summed E-state index contributed by atoms with van der Waals surface area (Å²) in [6.07, 6.45) is 4.01. The lowest BCUT2D eigenvalue weighted by Crippen LogP contribution is -2.66. The molecular weight excluding hydrogens is 713 g/mol. The van der Waals surface area contributed by atoms with Crippen LogP contribution in [0.2, 0.25) is 0 Å². The minimum atomic E-state index is -0.988. The number of anilines is 2. The molecule has 3 saturated heterocycles. The second-order valence-electron chi connectivity index (χ2n) is 16.5. The first-order chi connectivity index (χ1) is 27.0. The Kier molecular flexibility index (Phi) is 8.79. The van der Waals surface area contributed by atoms with Crippen LogP contribution in [0, 0.1) is 10.8 Å². The minimum Gasteiger partial charge on any atom is -0.493 e. The summed E-state index contributed by atoms with van der Waals surface area (Å²) in [5.74, 6) is 0.273. The van der Waals surface area contributed by atoms with E-state index in [0.717, 1.165) is 72.7 Å². The first-order valence-corrected chi connectivity index (χ1v) is 19.2. The number of fused-ring (bicyclic) bond motifs is 1. The molecule has 4 fully saturated rings. The van der Waals surface area contributed by atoms with Crippen LogP contribution in [0.4, 0.5) is 11.6 Å². The summed E-state index contributed by atoms with van der Waals surface area (Å²) in [5, 5.41) is 5.67. The maximum atomic E-state index is 13.2. The van der Waals surface area contributed by atoms with Crippen LogP contribution in [0.5, 0.6) is 11.5 Å². The van der Waals surface area contributed by atoms with E-state index in [2.05, 4.69) is 58.6 Å². The fraction of sp³-hybridized carbons (Fsp3) is 0.395. The molecule has 1 spiro atoms. The molecule has 1 aromatic heterocycles. The molecule has 2 N–H and O–H groups in total. The number of aromatic nitrogens is 2. The lowest BCUT2D eigenvalue weighted by molar-refractivity contribution is -0.136.